The molecule has 2 fully saturated rings. The van der Waals surface area contributed by atoms with E-state index in [4.69, 9.17) is 23.7 Å². The zero-order valence-corrected chi connectivity index (χ0v) is 27.3. The van der Waals surface area contributed by atoms with Gasteiger partial charge in [-0.25, -0.2) is 4.90 Å². The highest BCUT2D eigenvalue weighted by Crippen LogP contribution is 2.74. The van der Waals surface area contributed by atoms with Gasteiger partial charge in [-0.2, -0.15) is 0 Å². The van der Waals surface area contributed by atoms with Gasteiger partial charge in [-0.3, -0.25) is 14.4 Å². The van der Waals surface area contributed by atoms with Crippen molar-refractivity contribution in [3.05, 3.63) is 144 Å². The van der Waals surface area contributed by atoms with Crippen LogP contribution in [-0.4, -0.2) is 38.3 Å². The topological polar surface area (TPSA) is 101 Å². The largest absolute Gasteiger partial charge is 0.497 e. The number of fused-ring (bicyclic) bond motifs is 7. The van der Waals surface area contributed by atoms with Crippen LogP contribution >= 0.6 is 0 Å². The molecule has 4 atom stereocenters. The maximum absolute atomic E-state index is 16.2. The monoisotopic (exact) mass is 675 g/mol. The number of Topliss-reactive ketones (excluding diaryl/α,β-unsaturated/α-hetero) is 1. The zero-order valence-electron chi connectivity index (χ0n) is 27.3. The molecule has 9 heteroatoms. The van der Waals surface area contributed by atoms with E-state index in [1.807, 2.05) is 97.1 Å². The number of methoxy groups -OCH3 is 1. The fourth-order valence-corrected chi connectivity index (χ4v) is 9.23. The molecule has 2 bridgehead atoms. The summed E-state index contributed by atoms with van der Waals surface area (Å²) in [7, 11) is 1.54. The molecule has 0 aromatic heterocycles. The third kappa shape index (κ3) is 3.67. The van der Waals surface area contributed by atoms with Gasteiger partial charge >= 0.3 is 0 Å². The van der Waals surface area contributed by atoms with Crippen molar-refractivity contribution in [3.63, 3.8) is 0 Å². The molecule has 5 aliphatic rings. The number of anilines is 1. The number of rotatable bonds is 6. The minimum absolute atomic E-state index is 0.0662. The summed E-state index contributed by atoms with van der Waals surface area (Å²) < 4.78 is 28.6. The lowest BCUT2D eigenvalue weighted by Crippen LogP contribution is -2.45. The molecule has 1 saturated carbocycles. The summed E-state index contributed by atoms with van der Waals surface area (Å²) in [6.07, 6.45) is 0. The Balaban J connectivity index is 1.36. The molecular formula is C42H29NO8. The van der Waals surface area contributed by atoms with E-state index in [-0.39, 0.29) is 19.4 Å². The van der Waals surface area contributed by atoms with Gasteiger partial charge in [0.25, 0.3) is 0 Å². The summed E-state index contributed by atoms with van der Waals surface area (Å²) in [5.74, 6) is -0.559. The molecule has 0 unspecified atom stereocenters. The fourth-order valence-electron chi connectivity index (χ4n) is 9.23. The van der Waals surface area contributed by atoms with Gasteiger partial charge in [0, 0.05) is 6.07 Å². The summed E-state index contributed by atoms with van der Waals surface area (Å²) in [5.41, 5.74) is 1.10. The Morgan fingerprint density at radius 3 is 1.55 bits per heavy atom. The van der Waals surface area contributed by atoms with E-state index in [9.17, 15) is 0 Å². The van der Waals surface area contributed by atoms with Gasteiger partial charge in [-0.1, -0.05) is 78.9 Å². The van der Waals surface area contributed by atoms with Crippen molar-refractivity contribution in [2.24, 2.45) is 11.8 Å². The van der Waals surface area contributed by atoms with Gasteiger partial charge in [-0.05, 0) is 69.8 Å². The lowest BCUT2D eigenvalue weighted by atomic mass is 9.59. The molecule has 3 heterocycles. The molecule has 10 rings (SSSR count). The Labute approximate surface area is 292 Å². The molecule has 3 aliphatic heterocycles. The second kappa shape index (κ2) is 10.6. The van der Waals surface area contributed by atoms with Crippen LogP contribution in [0.15, 0.2) is 121 Å². The van der Waals surface area contributed by atoms with Crippen LogP contribution in [0.25, 0.3) is 11.1 Å². The first-order valence-corrected chi connectivity index (χ1v) is 16.7. The first-order chi connectivity index (χ1) is 25.0. The van der Waals surface area contributed by atoms with Gasteiger partial charge in [0.2, 0.25) is 25.4 Å². The lowest BCUT2D eigenvalue weighted by molar-refractivity contribution is -0.130. The molecule has 0 radical (unpaired) electrons. The van der Waals surface area contributed by atoms with Gasteiger partial charge in [0.15, 0.2) is 28.8 Å². The van der Waals surface area contributed by atoms with Crippen LogP contribution < -0.4 is 28.6 Å². The molecule has 51 heavy (non-hydrogen) atoms. The van der Waals surface area contributed by atoms with Crippen LogP contribution in [-0.2, 0) is 25.2 Å². The summed E-state index contributed by atoms with van der Waals surface area (Å²) >= 11 is 0. The first kappa shape index (κ1) is 29.6. The van der Waals surface area contributed by atoms with E-state index in [0.29, 0.717) is 67.8 Å². The van der Waals surface area contributed by atoms with Crippen molar-refractivity contribution in [2.45, 2.75) is 10.8 Å². The van der Waals surface area contributed by atoms with Crippen LogP contribution in [0.5, 0.6) is 28.7 Å². The Morgan fingerprint density at radius 2 is 1.06 bits per heavy atom. The predicted octanol–water partition coefficient (Wildman–Crippen LogP) is 6.34. The number of carbonyl (C=O) groups is 3. The number of nitrogens with zero attached hydrogens (tertiary/aromatic N) is 1. The van der Waals surface area contributed by atoms with E-state index in [1.165, 1.54) is 12.0 Å². The zero-order chi connectivity index (χ0) is 34.5. The number of hydrogen-bond acceptors (Lipinski definition) is 8. The van der Waals surface area contributed by atoms with Gasteiger partial charge in [0.05, 0.1) is 35.5 Å². The average Bonchev–Trinajstić information content (AvgIpc) is 3.98. The second-order valence-corrected chi connectivity index (χ2v) is 13.2. The summed E-state index contributed by atoms with van der Waals surface area (Å²) in [6, 6.07) is 36.9. The molecule has 0 spiro atoms. The van der Waals surface area contributed by atoms with Crippen LogP contribution in [0.3, 0.4) is 0 Å². The lowest BCUT2D eigenvalue weighted by Gasteiger charge is -2.39. The van der Waals surface area contributed by atoms with Crippen LogP contribution in [0.4, 0.5) is 5.69 Å². The highest BCUT2D eigenvalue weighted by Gasteiger charge is 2.82. The average molecular weight is 676 g/mol. The molecule has 1 saturated heterocycles. The summed E-state index contributed by atoms with van der Waals surface area (Å²) in [5, 5.41) is 0. The van der Waals surface area contributed by atoms with E-state index < -0.39 is 34.5 Å². The van der Waals surface area contributed by atoms with Crippen molar-refractivity contribution in [1.82, 2.24) is 0 Å². The predicted molar refractivity (Wildman–Crippen MR) is 186 cm³/mol. The normalized spacial score (nSPS) is 25.2. The smallest absolute Gasteiger partial charge is 0.239 e. The standard InChI is InChI=1S/C42H29NO8/c1-47-29-14-8-13-28(21-29)43-38(44)36-37(39(43)45)42(27-11-6-3-7-12-27)35(25-16-18-31-33(20-25)51-23-49-31)34(24-15-17-30-32(19-24)50-22-48-30)41(36,40(42)46)26-9-4-2-5-10-26/h2-21,36-37H,22-23H2,1H3/t36-,37+,41-,42-/m0/s1. The molecule has 5 aromatic rings. The third-order valence-electron chi connectivity index (χ3n) is 11.1. The molecule has 0 N–H and O–H groups in total. The SMILES string of the molecule is COc1cccc(N2C(=O)[C@@H]3[C@H](C2=O)[C@@]2(c4ccccc4)C(=O)[C@@]3(c3ccccc3)C(c3ccc4c(c3)OCO4)=C2c2ccc3c(c2)OCO3)c1. The Kier molecular flexibility index (Phi) is 6.13. The van der Waals surface area contributed by atoms with E-state index in [2.05, 4.69) is 0 Å². The van der Waals surface area contributed by atoms with E-state index in [1.54, 1.807) is 24.3 Å². The number of benzene rings is 5. The van der Waals surface area contributed by atoms with Crippen LogP contribution in [0.1, 0.15) is 22.3 Å². The number of ether oxygens (including phenoxy) is 5. The summed E-state index contributed by atoms with van der Waals surface area (Å²) in [4.78, 5) is 48.0. The number of ketones is 1. The minimum atomic E-state index is -1.58. The summed E-state index contributed by atoms with van der Waals surface area (Å²) in [6.45, 7) is 0.132. The Hall–Kier alpha value is -6.35. The number of hydrogen-bond donors (Lipinski definition) is 0. The third-order valence-corrected chi connectivity index (χ3v) is 11.1. The Bertz CT molecular complexity index is 2210. The van der Waals surface area contributed by atoms with Crippen molar-refractivity contribution >= 4 is 34.4 Å². The highest BCUT2D eigenvalue weighted by atomic mass is 16.7. The van der Waals surface area contributed by atoms with Crippen molar-refractivity contribution in [2.75, 3.05) is 25.6 Å². The molecule has 5 aromatic carbocycles. The molecule has 9 nitrogen and oxygen atoms in total. The van der Waals surface area contributed by atoms with Crippen LogP contribution in [0, 0.1) is 11.8 Å². The van der Waals surface area contributed by atoms with Gasteiger partial charge < -0.3 is 23.7 Å². The fraction of sp³-hybridized carbons (Fsp3) is 0.167. The van der Waals surface area contributed by atoms with Crippen molar-refractivity contribution in [3.8, 4) is 28.7 Å². The van der Waals surface area contributed by atoms with Gasteiger partial charge in [-0.15, -0.1) is 0 Å². The molecule has 2 amide bonds. The number of carbonyl (C=O) groups excluding carboxylic acids is 3. The molecule has 2 aliphatic carbocycles. The Morgan fingerprint density at radius 1 is 0.569 bits per heavy atom. The number of imide groups is 1. The second-order valence-electron chi connectivity index (χ2n) is 13.2. The molecular weight excluding hydrogens is 646 g/mol. The van der Waals surface area contributed by atoms with E-state index >= 15 is 14.4 Å². The van der Waals surface area contributed by atoms with Gasteiger partial charge in [0.1, 0.15) is 5.75 Å². The van der Waals surface area contributed by atoms with E-state index in [0.717, 1.165) is 0 Å². The first-order valence-electron chi connectivity index (χ1n) is 16.7. The number of amides is 2. The number of allylic oxidation sites excluding steroid dienone is 2. The maximum atomic E-state index is 16.2. The van der Waals surface area contributed by atoms with Crippen molar-refractivity contribution < 1.29 is 38.1 Å². The molecule has 250 valence electrons. The van der Waals surface area contributed by atoms with Crippen molar-refractivity contribution in [1.29, 1.82) is 0 Å². The quantitative estimate of drug-likeness (QED) is 0.192. The van der Waals surface area contributed by atoms with Crippen LogP contribution in [0.2, 0.25) is 0 Å². The minimum Gasteiger partial charge on any atom is -0.497 e. The maximum Gasteiger partial charge on any atom is 0.239 e. The highest BCUT2D eigenvalue weighted by molar-refractivity contribution is 6.39.